The number of phosphoric ester groups is 1. The highest BCUT2D eigenvalue weighted by atomic mass is 31.2. The number of unbranched alkanes of at least 4 members (excludes halogenated alkanes) is 25. The molecule has 10 heteroatoms. The molecule has 0 bridgehead atoms. The molecule has 0 saturated carbocycles. The quantitative estimate of drug-likeness (QED) is 0.0181. The molecule has 0 aromatic rings. The fourth-order valence-corrected chi connectivity index (χ4v) is 6.77. The summed E-state index contributed by atoms with van der Waals surface area (Å²) in [6.45, 7) is 3.48. The maximum atomic E-state index is 12.4. The number of phosphoric acid groups is 1. The molecule has 0 aromatic heterocycles. The molecule has 0 aliphatic rings. The third-order valence-electron chi connectivity index (χ3n) is 9.75. The first-order valence-corrected chi connectivity index (χ1v) is 23.9. The minimum Gasteiger partial charge on any atom is -0.462 e. The third-order valence-corrected chi connectivity index (χ3v) is 10.2. The summed E-state index contributed by atoms with van der Waals surface area (Å²) in [7, 11) is -4.77. The number of hydrogen-bond acceptors (Lipinski definition) is 7. The Morgan fingerprint density at radius 2 is 1.02 bits per heavy atom. The highest BCUT2D eigenvalue weighted by molar-refractivity contribution is 7.46. The van der Waals surface area contributed by atoms with Gasteiger partial charge in [0.15, 0.2) is 6.10 Å². The van der Waals surface area contributed by atoms with Gasteiger partial charge < -0.3 is 24.4 Å². The molecule has 55 heavy (non-hydrogen) atoms. The summed E-state index contributed by atoms with van der Waals surface area (Å²) in [6, 6.07) is 0. The number of carbonyl (C=O) groups excluding carboxylic acids is 2. The first-order chi connectivity index (χ1) is 26.7. The largest absolute Gasteiger partial charge is 0.469 e. The predicted molar refractivity (Wildman–Crippen MR) is 227 cm³/mol. The summed E-state index contributed by atoms with van der Waals surface area (Å²) in [5.41, 5.74) is 0. The number of allylic oxidation sites excluding steroid dienone is 4. The van der Waals surface area contributed by atoms with Gasteiger partial charge in [0.2, 0.25) is 0 Å². The van der Waals surface area contributed by atoms with E-state index in [-0.39, 0.29) is 19.4 Å². The van der Waals surface area contributed by atoms with E-state index >= 15 is 0 Å². The zero-order chi connectivity index (χ0) is 40.5. The highest BCUT2D eigenvalue weighted by Gasteiger charge is 2.23. The lowest BCUT2D eigenvalue weighted by Gasteiger charge is -2.18. The Kier molecular flexibility index (Phi) is 39.1. The molecular formula is C45H83O9P. The standard InChI is InChI=1S/C45H83O9P/c1-3-5-7-8-9-10-11-12-13-14-15-16-17-18-19-20-21-24-28-31-35-39-45(48)54-43(41-53-55(49,50)51)40-52-44(47)38-34-30-27-25-22-23-26-29-33-37-42(46)36-32-6-4-2/h6,26,29,32-33,37,42-43,46H,3-5,7-25,27-28,30-31,34-36,38-41H2,1-2H3,(H2,49,50,51)/b29-26+,32-6+,37-33+/t42?,43-/m1/s1. The van der Waals surface area contributed by atoms with Gasteiger partial charge in [-0.15, -0.1) is 0 Å². The van der Waals surface area contributed by atoms with Gasteiger partial charge in [-0.05, 0) is 38.5 Å². The van der Waals surface area contributed by atoms with Crippen molar-refractivity contribution in [3.63, 3.8) is 0 Å². The van der Waals surface area contributed by atoms with Gasteiger partial charge in [-0.1, -0.05) is 198 Å². The van der Waals surface area contributed by atoms with Crippen molar-refractivity contribution in [2.45, 2.75) is 225 Å². The van der Waals surface area contributed by atoms with Crippen molar-refractivity contribution < 1.29 is 43.0 Å². The molecule has 0 radical (unpaired) electrons. The first-order valence-electron chi connectivity index (χ1n) is 22.4. The molecule has 0 amide bonds. The lowest BCUT2D eigenvalue weighted by molar-refractivity contribution is -0.161. The van der Waals surface area contributed by atoms with Gasteiger partial charge in [0.1, 0.15) is 6.61 Å². The molecule has 2 atom stereocenters. The molecule has 1 unspecified atom stereocenters. The van der Waals surface area contributed by atoms with Crippen LogP contribution in [0.2, 0.25) is 0 Å². The molecule has 9 nitrogen and oxygen atoms in total. The van der Waals surface area contributed by atoms with Crippen LogP contribution in [-0.2, 0) is 28.2 Å². The van der Waals surface area contributed by atoms with E-state index in [0.29, 0.717) is 19.3 Å². The fourth-order valence-electron chi connectivity index (χ4n) is 6.41. The summed E-state index contributed by atoms with van der Waals surface area (Å²) in [4.78, 5) is 42.9. The molecule has 0 rings (SSSR count). The van der Waals surface area contributed by atoms with Gasteiger partial charge in [0, 0.05) is 12.8 Å². The van der Waals surface area contributed by atoms with Gasteiger partial charge in [0.05, 0.1) is 12.7 Å². The van der Waals surface area contributed by atoms with E-state index in [1.54, 1.807) is 6.08 Å². The molecule has 0 spiro atoms. The second-order valence-corrected chi connectivity index (χ2v) is 16.4. The number of carbonyl (C=O) groups is 2. The number of ether oxygens (including phenoxy) is 2. The number of hydrogen-bond donors (Lipinski definition) is 3. The SMILES string of the molecule is CC/C=C/CC(O)/C=C/C=C/CCCCCCCC(=O)OC[C@H](COP(=O)(O)O)OC(=O)CCCCCCCCCCCCCCCCCCCCCCC. The molecule has 3 N–H and O–H groups in total. The predicted octanol–water partition coefficient (Wildman–Crippen LogP) is 12.7. The van der Waals surface area contributed by atoms with Crippen LogP contribution in [0, 0.1) is 0 Å². The maximum Gasteiger partial charge on any atom is 0.469 e. The fraction of sp³-hybridized carbons (Fsp3) is 0.822. The number of esters is 2. The first kappa shape index (κ1) is 53.2. The minimum atomic E-state index is -4.77. The van der Waals surface area contributed by atoms with Crippen LogP contribution in [-0.4, -0.2) is 52.3 Å². The van der Waals surface area contributed by atoms with E-state index in [0.717, 1.165) is 57.8 Å². The van der Waals surface area contributed by atoms with Gasteiger partial charge >= 0.3 is 19.8 Å². The molecule has 0 fully saturated rings. The zero-order valence-electron chi connectivity index (χ0n) is 35.2. The monoisotopic (exact) mass is 799 g/mol. The lowest BCUT2D eigenvalue weighted by Crippen LogP contribution is -2.29. The summed E-state index contributed by atoms with van der Waals surface area (Å²) >= 11 is 0. The van der Waals surface area contributed by atoms with Crippen LogP contribution >= 0.6 is 7.82 Å². The van der Waals surface area contributed by atoms with Crippen LogP contribution in [0.4, 0.5) is 0 Å². The molecule has 0 aliphatic carbocycles. The van der Waals surface area contributed by atoms with Crippen molar-refractivity contribution in [3.05, 3.63) is 36.5 Å². The topological polar surface area (TPSA) is 140 Å². The second-order valence-electron chi connectivity index (χ2n) is 15.2. The number of aliphatic hydroxyl groups is 1. The van der Waals surface area contributed by atoms with Crippen molar-refractivity contribution in [1.29, 1.82) is 0 Å². The van der Waals surface area contributed by atoms with E-state index < -0.39 is 38.6 Å². The van der Waals surface area contributed by atoms with E-state index in [9.17, 15) is 19.3 Å². The molecule has 0 saturated heterocycles. The van der Waals surface area contributed by atoms with Crippen LogP contribution in [0.5, 0.6) is 0 Å². The van der Waals surface area contributed by atoms with E-state index in [4.69, 9.17) is 19.3 Å². The smallest absolute Gasteiger partial charge is 0.462 e. The summed E-state index contributed by atoms with van der Waals surface area (Å²) < 4.78 is 26.4. The Morgan fingerprint density at radius 3 is 1.49 bits per heavy atom. The van der Waals surface area contributed by atoms with Crippen molar-refractivity contribution >= 4 is 19.8 Å². The third kappa shape index (κ3) is 43.2. The summed E-state index contributed by atoms with van der Waals surface area (Å²) in [5.74, 6) is -0.930. The molecular weight excluding hydrogens is 715 g/mol. The average molecular weight is 799 g/mol. The number of aliphatic hydroxyl groups excluding tert-OH is 1. The Balaban J connectivity index is 3.89. The van der Waals surface area contributed by atoms with Gasteiger partial charge in [-0.2, -0.15) is 0 Å². The van der Waals surface area contributed by atoms with Crippen molar-refractivity contribution in [1.82, 2.24) is 0 Å². The van der Waals surface area contributed by atoms with E-state index in [1.807, 2.05) is 24.3 Å². The van der Waals surface area contributed by atoms with Crippen LogP contribution in [0.25, 0.3) is 0 Å². The zero-order valence-corrected chi connectivity index (χ0v) is 36.1. The molecule has 322 valence electrons. The highest BCUT2D eigenvalue weighted by Crippen LogP contribution is 2.36. The average Bonchev–Trinajstić information content (AvgIpc) is 3.15. The molecule has 0 heterocycles. The summed E-state index contributed by atoms with van der Waals surface area (Å²) in [6.07, 6.45) is 44.9. The van der Waals surface area contributed by atoms with E-state index in [2.05, 4.69) is 24.4 Å². The second kappa shape index (κ2) is 40.4. The lowest BCUT2D eigenvalue weighted by atomic mass is 10.0. The maximum absolute atomic E-state index is 12.4. The Morgan fingerprint density at radius 1 is 0.564 bits per heavy atom. The number of rotatable bonds is 41. The van der Waals surface area contributed by atoms with Crippen molar-refractivity contribution in [3.8, 4) is 0 Å². The van der Waals surface area contributed by atoms with Crippen molar-refractivity contribution in [2.24, 2.45) is 0 Å². The normalized spacial score (nSPS) is 13.3. The van der Waals surface area contributed by atoms with Gasteiger partial charge in [0.25, 0.3) is 0 Å². The van der Waals surface area contributed by atoms with Crippen LogP contribution < -0.4 is 0 Å². The molecule has 0 aromatic carbocycles. The summed E-state index contributed by atoms with van der Waals surface area (Å²) in [5, 5.41) is 9.84. The Bertz CT molecular complexity index is 1010. The van der Waals surface area contributed by atoms with E-state index in [1.165, 1.54) is 109 Å². The van der Waals surface area contributed by atoms with Crippen LogP contribution in [0.1, 0.15) is 213 Å². The molecule has 0 aliphatic heterocycles. The van der Waals surface area contributed by atoms with Crippen molar-refractivity contribution in [2.75, 3.05) is 13.2 Å². The Hall–Kier alpha value is -1.77. The van der Waals surface area contributed by atoms with Crippen LogP contribution in [0.15, 0.2) is 36.5 Å². The van der Waals surface area contributed by atoms with Crippen LogP contribution in [0.3, 0.4) is 0 Å². The Labute approximate surface area is 336 Å². The van der Waals surface area contributed by atoms with Gasteiger partial charge in [-0.25, -0.2) is 4.57 Å². The minimum absolute atomic E-state index is 0.200. The van der Waals surface area contributed by atoms with Gasteiger partial charge in [-0.3, -0.25) is 14.1 Å².